The topological polar surface area (TPSA) is 92.7 Å². The molecule has 0 aromatic carbocycles. The molecule has 4 rings (SSSR count). The van der Waals surface area contributed by atoms with Crippen LogP contribution in [-0.2, 0) is 27.2 Å². The minimum absolute atomic E-state index is 0.0583. The van der Waals surface area contributed by atoms with E-state index in [0.717, 1.165) is 29.7 Å². The van der Waals surface area contributed by atoms with Gasteiger partial charge in [-0.15, -0.1) is 11.3 Å². The molecule has 0 radical (unpaired) electrons. The monoisotopic (exact) mass is 445 g/mol. The Morgan fingerprint density at radius 1 is 1.19 bits per heavy atom. The fourth-order valence-electron chi connectivity index (χ4n) is 5.54. The van der Waals surface area contributed by atoms with Gasteiger partial charge in [0.15, 0.2) is 0 Å². The van der Waals surface area contributed by atoms with Crippen molar-refractivity contribution in [2.24, 2.45) is 35.0 Å². The van der Waals surface area contributed by atoms with E-state index < -0.39 is 23.8 Å². The molecule has 3 aliphatic rings. The smallest absolute Gasteiger partial charge is 0.341 e. The van der Waals surface area contributed by atoms with Gasteiger partial charge < -0.3 is 15.2 Å². The van der Waals surface area contributed by atoms with Crippen molar-refractivity contribution in [1.82, 2.24) is 0 Å². The Balaban J connectivity index is 1.64. The number of carbonyl (C=O) groups excluding carboxylic acids is 2. The first kappa shape index (κ1) is 22.1. The normalized spacial score (nSPS) is 29.0. The number of aliphatic carboxylic acids is 1. The van der Waals surface area contributed by atoms with E-state index in [1.165, 1.54) is 11.3 Å². The third-order valence-electron chi connectivity index (χ3n) is 7.25. The number of carbonyl (C=O) groups is 3. The van der Waals surface area contributed by atoms with Gasteiger partial charge in [-0.05, 0) is 61.3 Å². The number of esters is 1. The predicted octanol–water partition coefficient (Wildman–Crippen LogP) is 4.54. The van der Waals surface area contributed by atoms with Crippen molar-refractivity contribution >= 4 is 34.2 Å². The predicted molar refractivity (Wildman–Crippen MR) is 119 cm³/mol. The Morgan fingerprint density at radius 2 is 1.87 bits per heavy atom. The molecule has 2 bridgehead atoms. The van der Waals surface area contributed by atoms with Crippen molar-refractivity contribution in [1.29, 1.82) is 0 Å². The van der Waals surface area contributed by atoms with Crippen molar-refractivity contribution in [2.75, 3.05) is 11.9 Å². The van der Waals surface area contributed by atoms with Gasteiger partial charge in [0.05, 0.1) is 24.0 Å². The lowest BCUT2D eigenvalue weighted by molar-refractivity contribution is -0.146. The second-order valence-corrected chi connectivity index (χ2v) is 11.2. The summed E-state index contributed by atoms with van der Waals surface area (Å²) in [5, 5.41) is 13.2. The van der Waals surface area contributed by atoms with Crippen LogP contribution in [0.1, 0.15) is 61.3 Å². The molecule has 1 heterocycles. The molecule has 1 aromatic rings. The van der Waals surface area contributed by atoms with E-state index in [4.69, 9.17) is 4.74 Å². The number of thiophene rings is 1. The summed E-state index contributed by atoms with van der Waals surface area (Å²) in [4.78, 5) is 39.0. The molecule has 1 fully saturated rings. The van der Waals surface area contributed by atoms with Crippen LogP contribution in [0.3, 0.4) is 0 Å². The molecule has 0 unspecified atom stereocenters. The maximum absolute atomic E-state index is 13.2. The van der Waals surface area contributed by atoms with E-state index >= 15 is 0 Å². The van der Waals surface area contributed by atoms with E-state index in [-0.39, 0.29) is 29.8 Å². The van der Waals surface area contributed by atoms with Gasteiger partial charge in [-0.1, -0.05) is 32.9 Å². The van der Waals surface area contributed by atoms with Crippen molar-refractivity contribution in [3.05, 3.63) is 28.2 Å². The first-order valence-corrected chi connectivity index (χ1v) is 12.0. The van der Waals surface area contributed by atoms with Gasteiger partial charge in [-0.3, -0.25) is 9.59 Å². The van der Waals surface area contributed by atoms with Gasteiger partial charge in [-0.2, -0.15) is 0 Å². The minimum Gasteiger partial charge on any atom is -0.481 e. The van der Waals surface area contributed by atoms with E-state index in [0.29, 0.717) is 22.9 Å². The lowest BCUT2D eigenvalue weighted by atomic mass is 9.72. The molecule has 3 aliphatic carbocycles. The molecule has 1 aromatic heterocycles. The molecule has 0 aliphatic heterocycles. The number of fused-ring (bicyclic) bond motifs is 3. The van der Waals surface area contributed by atoms with E-state index in [9.17, 15) is 19.5 Å². The number of hydrogen-bond donors (Lipinski definition) is 2. The summed E-state index contributed by atoms with van der Waals surface area (Å²) in [6, 6.07) is 0. The van der Waals surface area contributed by atoms with Crippen LogP contribution in [0.2, 0.25) is 0 Å². The lowest BCUT2D eigenvalue weighted by Gasteiger charge is -2.33. The number of carboxylic acids is 1. The molecule has 1 saturated carbocycles. The zero-order valence-electron chi connectivity index (χ0n) is 18.6. The first-order chi connectivity index (χ1) is 14.6. The molecule has 0 saturated heterocycles. The Bertz CT molecular complexity index is 941. The van der Waals surface area contributed by atoms with E-state index in [1.807, 2.05) is 12.2 Å². The molecule has 2 N–H and O–H groups in total. The largest absolute Gasteiger partial charge is 0.481 e. The summed E-state index contributed by atoms with van der Waals surface area (Å²) in [5.74, 6) is -2.60. The maximum atomic E-state index is 13.2. The first-order valence-electron chi connectivity index (χ1n) is 11.2. The molecule has 5 atom stereocenters. The molecule has 168 valence electrons. The van der Waals surface area contributed by atoms with Crippen LogP contribution in [0.4, 0.5) is 5.00 Å². The fraction of sp³-hybridized carbons (Fsp3) is 0.625. The standard InChI is InChI=1S/C24H31NO5S/c1-5-30-23(29)19-15-9-8-14(24(2,3)4)11-16(15)31-21(19)25-20(26)17-12-6-7-13(10-12)18(17)22(27)28/h6-7,12-14,17-18H,5,8-11H2,1-4H3,(H,25,26)(H,27,28)/t12-,13+,14-,17-,18+/m1/s1. The van der Waals surface area contributed by atoms with Gasteiger partial charge in [0, 0.05) is 4.88 Å². The number of amides is 1. The zero-order valence-corrected chi connectivity index (χ0v) is 19.4. The van der Waals surface area contributed by atoms with Crippen LogP contribution in [0.25, 0.3) is 0 Å². The second kappa shape index (κ2) is 8.08. The SMILES string of the molecule is CCOC(=O)c1c(NC(=O)[C@H]2[C@@H](C(=O)O)[C@H]3C=C[C@@H]2C3)sc2c1CC[C@@H](C(C)(C)C)C2. The van der Waals surface area contributed by atoms with E-state index in [1.54, 1.807) is 6.92 Å². The molecular formula is C24H31NO5S. The highest BCUT2D eigenvalue weighted by Gasteiger charge is 2.52. The van der Waals surface area contributed by atoms with Crippen molar-refractivity contribution in [3.8, 4) is 0 Å². The molecule has 31 heavy (non-hydrogen) atoms. The number of rotatable bonds is 5. The van der Waals surface area contributed by atoms with Crippen LogP contribution in [0.5, 0.6) is 0 Å². The number of nitrogens with one attached hydrogen (secondary N) is 1. The summed E-state index contributed by atoms with van der Waals surface area (Å²) in [7, 11) is 0. The fourth-order valence-corrected chi connectivity index (χ4v) is 6.86. The van der Waals surface area contributed by atoms with Crippen LogP contribution >= 0.6 is 11.3 Å². The summed E-state index contributed by atoms with van der Waals surface area (Å²) in [5.41, 5.74) is 1.62. The van der Waals surface area contributed by atoms with Gasteiger partial charge in [-0.25, -0.2) is 4.79 Å². The minimum atomic E-state index is -0.930. The molecule has 6 nitrogen and oxygen atoms in total. The van der Waals surface area contributed by atoms with E-state index in [2.05, 4.69) is 26.1 Å². The zero-order chi connectivity index (χ0) is 22.5. The van der Waals surface area contributed by atoms with Gasteiger partial charge in [0.2, 0.25) is 5.91 Å². The number of allylic oxidation sites excluding steroid dienone is 2. The highest BCUT2D eigenvalue weighted by Crippen LogP contribution is 2.49. The van der Waals surface area contributed by atoms with Crippen LogP contribution < -0.4 is 5.32 Å². The highest BCUT2D eigenvalue weighted by molar-refractivity contribution is 7.17. The van der Waals surface area contributed by atoms with Crippen LogP contribution in [0.15, 0.2) is 12.2 Å². The molecular weight excluding hydrogens is 414 g/mol. The highest BCUT2D eigenvalue weighted by atomic mass is 32.1. The number of hydrogen-bond acceptors (Lipinski definition) is 5. The summed E-state index contributed by atoms with van der Waals surface area (Å²) in [6.45, 7) is 8.74. The lowest BCUT2D eigenvalue weighted by Crippen LogP contribution is -2.36. The van der Waals surface area contributed by atoms with Gasteiger partial charge in [0.1, 0.15) is 5.00 Å². The second-order valence-electron chi connectivity index (χ2n) is 10.1. The molecule has 7 heteroatoms. The van der Waals surface area contributed by atoms with Gasteiger partial charge >= 0.3 is 11.9 Å². The van der Waals surface area contributed by atoms with Crippen molar-refractivity contribution in [3.63, 3.8) is 0 Å². The number of ether oxygens (including phenoxy) is 1. The van der Waals surface area contributed by atoms with Crippen LogP contribution in [-0.4, -0.2) is 29.6 Å². The third-order valence-corrected chi connectivity index (χ3v) is 8.42. The Hall–Kier alpha value is -2.15. The number of anilines is 1. The molecule has 1 amide bonds. The molecule has 0 spiro atoms. The summed E-state index contributed by atoms with van der Waals surface area (Å²) in [6.07, 6.45) is 7.24. The Labute approximate surface area is 187 Å². The Morgan fingerprint density at radius 3 is 2.48 bits per heavy atom. The third kappa shape index (κ3) is 3.93. The number of carboxylic acid groups (broad SMARTS) is 1. The van der Waals surface area contributed by atoms with Crippen molar-refractivity contribution < 1.29 is 24.2 Å². The Kier molecular flexibility index (Phi) is 5.75. The summed E-state index contributed by atoms with van der Waals surface area (Å²) < 4.78 is 5.31. The average Bonchev–Trinajstić information content (AvgIpc) is 3.38. The average molecular weight is 446 g/mol. The van der Waals surface area contributed by atoms with Crippen LogP contribution in [0, 0.1) is 35.0 Å². The van der Waals surface area contributed by atoms with Gasteiger partial charge in [0.25, 0.3) is 0 Å². The summed E-state index contributed by atoms with van der Waals surface area (Å²) >= 11 is 1.45. The van der Waals surface area contributed by atoms with Crippen molar-refractivity contribution in [2.45, 2.75) is 53.4 Å². The quantitative estimate of drug-likeness (QED) is 0.513. The maximum Gasteiger partial charge on any atom is 0.341 e.